The number of hydrogen-bond acceptors (Lipinski definition) is 5. The summed E-state index contributed by atoms with van der Waals surface area (Å²) in [5.74, 6) is 0. The van der Waals surface area contributed by atoms with Crippen molar-refractivity contribution in [3.05, 3.63) is 210 Å². The molecule has 0 spiro atoms. The van der Waals surface area contributed by atoms with Gasteiger partial charge in [0.25, 0.3) is 0 Å². The maximum atomic E-state index is 5.35. The minimum Gasteiger partial charge on any atom is -0.265 e. The Morgan fingerprint density at radius 1 is 0.328 bits per heavy atom. The summed E-state index contributed by atoms with van der Waals surface area (Å²) in [7, 11) is 9.75. The molecule has 11 heteroatoms. The number of hydrogen-bond donors (Lipinski definition) is 0. The van der Waals surface area contributed by atoms with Crippen LogP contribution in [0.25, 0.3) is 102 Å². The minimum atomic E-state index is -0.472. The number of pyridine rings is 3. The van der Waals surface area contributed by atoms with Crippen LogP contribution in [0.2, 0.25) is 0 Å². The van der Waals surface area contributed by atoms with E-state index in [-0.39, 0.29) is 19.5 Å². The number of aryl methyl sites for hydroxylation is 3. The summed E-state index contributed by atoms with van der Waals surface area (Å²) in [5.41, 5.74) is 20.8. The first-order valence-electron chi connectivity index (χ1n) is 21.2. The molecule has 0 fully saturated rings. The fourth-order valence-electron chi connectivity index (χ4n) is 8.04. The van der Waals surface area contributed by atoms with Gasteiger partial charge in [-0.3, -0.25) is 15.0 Å². The molecule has 2 aliphatic rings. The summed E-state index contributed by atoms with van der Waals surface area (Å²) >= 11 is -0.472. The zero-order valence-electron chi connectivity index (χ0n) is 36.9. The van der Waals surface area contributed by atoms with Crippen LogP contribution >= 0.6 is 18.8 Å². The van der Waals surface area contributed by atoms with E-state index in [1.807, 2.05) is 48.8 Å². The quantitative estimate of drug-likeness (QED) is 0.159. The molecule has 0 unspecified atom stereocenters. The fraction of sp³-hybridized carbons (Fsp3) is 0.0536. The second-order valence-electron chi connectivity index (χ2n) is 15.7. The van der Waals surface area contributed by atoms with E-state index in [2.05, 4.69) is 157 Å². The third-order valence-electron chi connectivity index (χ3n) is 11.3. The van der Waals surface area contributed by atoms with E-state index in [0.717, 1.165) is 89.4 Å². The Bertz CT molecular complexity index is 3170. The zero-order valence-corrected chi connectivity index (χ0v) is 43.6. The Morgan fingerprint density at radius 2 is 0.582 bits per heavy atom. The maximum Gasteiger partial charge on any atom is 2.00 e. The molecule has 0 saturated heterocycles. The summed E-state index contributed by atoms with van der Waals surface area (Å²) < 4.78 is 0. The number of halogens is 2. The van der Waals surface area contributed by atoms with Gasteiger partial charge in [-0.05, 0) is 132 Å². The summed E-state index contributed by atoms with van der Waals surface area (Å²) in [4.78, 5) is 33.6. The van der Waals surface area contributed by atoms with E-state index >= 15 is 0 Å². The van der Waals surface area contributed by atoms with E-state index in [4.69, 9.17) is 38.8 Å². The molecule has 0 N–H and O–H groups in total. The number of aromatic nitrogens is 7. The number of nitrogens with zero attached hydrogens (tertiary/aromatic N) is 7. The molecular weight excluding hydrogens is 1100 g/mol. The van der Waals surface area contributed by atoms with E-state index in [9.17, 15) is 0 Å². The van der Waals surface area contributed by atoms with Crippen LogP contribution in [0.5, 0.6) is 0 Å². The van der Waals surface area contributed by atoms with Gasteiger partial charge in [0.2, 0.25) is 0 Å². The van der Waals surface area contributed by atoms with Crippen molar-refractivity contribution in [1.82, 2.24) is 34.9 Å². The van der Waals surface area contributed by atoms with E-state index in [1.165, 1.54) is 27.8 Å². The van der Waals surface area contributed by atoms with Gasteiger partial charge in [-0.2, -0.15) is 0 Å². The Hall–Kier alpha value is -6.40. The molecule has 0 radical (unpaired) electrons. The predicted molar refractivity (Wildman–Crippen MR) is 270 cm³/mol. The normalized spacial score (nSPS) is 11.2. The van der Waals surface area contributed by atoms with Crippen LogP contribution in [0.15, 0.2) is 171 Å². The zero-order chi connectivity index (χ0) is 45.4. The van der Waals surface area contributed by atoms with Crippen molar-refractivity contribution in [2.45, 2.75) is 20.8 Å². The maximum absolute atomic E-state index is 5.35. The van der Waals surface area contributed by atoms with Crippen LogP contribution in [-0.4, -0.2) is 24.9 Å². The van der Waals surface area contributed by atoms with E-state index in [0.29, 0.717) is 0 Å². The molecule has 0 saturated carbocycles. The van der Waals surface area contributed by atoms with Gasteiger partial charge in [0.1, 0.15) is 0 Å². The SMILES string of the molecule is Cc1ccc(-c2c3nc(c(-c4ccc(C)cc4)c4ccc([n-]4)c(-c4ccncc4)c4ccc([n-]4)c(-c4ccc(C)cc4)c4nc2C=C4)C=C3)cc1.[Cl][Pt][Cl].[Zn+2].c1cc(-c2ccncc2)ccn1. The summed E-state index contributed by atoms with van der Waals surface area (Å²) in [6.45, 7) is 6.32. The molecule has 6 aromatic heterocycles. The molecular formula is C56H41Cl2N7PtZn. The molecule has 11 rings (SSSR count). The second kappa shape index (κ2) is 21.9. The first kappa shape index (κ1) is 47.1. The second-order valence-corrected chi connectivity index (χ2v) is 19.0. The molecule has 0 aliphatic carbocycles. The van der Waals surface area contributed by atoms with Crippen LogP contribution in [0.3, 0.4) is 0 Å². The smallest absolute Gasteiger partial charge is 0.265 e. The Kier molecular flexibility index (Phi) is 15.4. The van der Waals surface area contributed by atoms with E-state index in [1.54, 1.807) is 24.8 Å². The topological polar surface area (TPSA) is 92.7 Å². The van der Waals surface area contributed by atoms with Crippen LogP contribution in [0.1, 0.15) is 39.5 Å². The number of benzene rings is 3. The number of fused-ring (bicyclic) bond motifs is 8. The number of rotatable bonds is 5. The van der Waals surface area contributed by atoms with Crippen LogP contribution < -0.4 is 9.97 Å². The molecule has 0 amide bonds. The standard InChI is InChI=1S/C46H33N5.C10H8N2.2ClH.Pt.Zn/c1-28-4-10-31(11-5-28)43-35-16-18-37(48-35)44(32-12-6-29(2)7-13-32)39-20-22-41(50-39)46(34-24-26-47-27-25-34)42-23-21-40(51-42)45(38-19-17-36(43)49-38)33-14-8-30(3)9-15-33;1-5-11-6-2-9(1)10-3-7-12-8-4-10;;;;/h4-27H,1-3H3;1-8H;2*1H;;/q-2;;;;2*+2/p-2. The molecule has 0 atom stereocenters. The van der Waals surface area contributed by atoms with E-state index < -0.39 is 16.5 Å². The van der Waals surface area contributed by atoms with Gasteiger partial charge in [-0.1, -0.05) is 114 Å². The Balaban J connectivity index is 0.000000325. The van der Waals surface area contributed by atoms with Crippen molar-refractivity contribution in [1.29, 1.82) is 0 Å². The Morgan fingerprint density at radius 3 is 0.910 bits per heavy atom. The summed E-state index contributed by atoms with van der Waals surface area (Å²) in [6.07, 6.45) is 19.2. The van der Waals surface area contributed by atoms with Crippen molar-refractivity contribution < 1.29 is 36.0 Å². The van der Waals surface area contributed by atoms with Gasteiger partial charge in [0.05, 0.1) is 22.8 Å². The van der Waals surface area contributed by atoms with Gasteiger partial charge >= 0.3 is 54.8 Å². The van der Waals surface area contributed by atoms with Gasteiger partial charge in [-0.25, -0.2) is 9.97 Å². The largest absolute Gasteiger partial charge is 2.00 e. The molecule has 8 heterocycles. The molecule has 9 aromatic rings. The van der Waals surface area contributed by atoms with Gasteiger partial charge in [0, 0.05) is 42.7 Å². The van der Waals surface area contributed by atoms with Gasteiger partial charge < -0.3 is 9.97 Å². The van der Waals surface area contributed by atoms with Crippen molar-refractivity contribution in [3.8, 4) is 55.6 Å². The van der Waals surface area contributed by atoms with Crippen molar-refractivity contribution in [2.24, 2.45) is 0 Å². The summed E-state index contributed by atoms with van der Waals surface area (Å²) in [5, 5.41) is 0. The van der Waals surface area contributed by atoms with Crippen molar-refractivity contribution >= 4 is 65.2 Å². The summed E-state index contributed by atoms with van der Waals surface area (Å²) in [6, 6.07) is 46.1. The van der Waals surface area contributed by atoms with Crippen LogP contribution in [0.4, 0.5) is 0 Å². The monoisotopic (exact) mass is 1140 g/mol. The van der Waals surface area contributed by atoms with Crippen molar-refractivity contribution in [3.63, 3.8) is 0 Å². The third-order valence-corrected chi connectivity index (χ3v) is 11.3. The minimum absolute atomic E-state index is 0. The van der Waals surface area contributed by atoms with Gasteiger partial charge in [-0.15, -0.1) is 22.1 Å². The average Bonchev–Trinajstić information content (AvgIpc) is 4.21. The van der Waals surface area contributed by atoms with Crippen molar-refractivity contribution in [2.75, 3.05) is 0 Å². The molecule has 3 aromatic carbocycles. The Labute approximate surface area is 419 Å². The molecule has 7 nitrogen and oxygen atoms in total. The van der Waals surface area contributed by atoms with Crippen LogP contribution in [-0.2, 0) is 36.0 Å². The molecule has 326 valence electrons. The molecule has 67 heavy (non-hydrogen) atoms. The molecule has 2 aliphatic heterocycles. The first-order valence-corrected chi connectivity index (χ1v) is 26.8. The fourth-order valence-corrected chi connectivity index (χ4v) is 8.04. The molecule has 8 bridgehead atoms. The third kappa shape index (κ3) is 10.8. The van der Waals surface area contributed by atoms with Crippen LogP contribution in [0, 0.1) is 20.8 Å². The van der Waals surface area contributed by atoms with Gasteiger partial charge in [0.15, 0.2) is 0 Å². The first-order chi connectivity index (χ1) is 32.4. The predicted octanol–water partition coefficient (Wildman–Crippen LogP) is 14.4. The average molecular weight is 1140 g/mol.